The quantitative estimate of drug-likeness (QED) is 0.679. The van der Waals surface area contributed by atoms with E-state index in [-0.39, 0.29) is 11.8 Å². The van der Waals surface area contributed by atoms with Gasteiger partial charge >= 0.3 is 0 Å². The van der Waals surface area contributed by atoms with Crippen LogP contribution >= 0.6 is 0 Å². The molecule has 1 atom stereocenters. The summed E-state index contributed by atoms with van der Waals surface area (Å²) in [5, 5.41) is 0. The summed E-state index contributed by atoms with van der Waals surface area (Å²) in [5.74, 6) is 2.35. The van der Waals surface area contributed by atoms with Crippen molar-refractivity contribution in [3.63, 3.8) is 0 Å². The number of carbonyl (C=O) groups excluding carboxylic acids is 1. The van der Waals surface area contributed by atoms with Crippen LogP contribution in [-0.2, 0) is 6.42 Å². The Morgan fingerprint density at radius 1 is 1.25 bits per heavy atom. The highest BCUT2D eigenvalue weighted by molar-refractivity contribution is 5.93. The van der Waals surface area contributed by atoms with Crippen molar-refractivity contribution in [3.05, 3.63) is 72.0 Å². The molecule has 1 aliphatic heterocycles. The zero-order valence-electron chi connectivity index (χ0n) is 15.7. The molecule has 3 aromatic rings. The summed E-state index contributed by atoms with van der Waals surface area (Å²) in [4.78, 5) is 26.9. The summed E-state index contributed by atoms with van der Waals surface area (Å²) >= 11 is 0. The highest BCUT2D eigenvalue weighted by atomic mass is 16.5. The molecule has 0 spiro atoms. The fourth-order valence-electron chi connectivity index (χ4n) is 3.59. The third-order valence-electron chi connectivity index (χ3n) is 4.99. The SMILES string of the molecule is COc1ccccc1Cc1cnc(C2CCCN(C(=O)c3cncnc3)C2)o1. The Kier molecular flexibility index (Phi) is 5.32. The maximum absolute atomic E-state index is 12.7. The monoisotopic (exact) mass is 378 g/mol. The van der Waals surface area contributed by atoms with E-state index >= 15 is 0 Å². The predicted molar refractivity (Wildman–Crippen MR) is 102 cm³/mol. The smallest absolute Gasteiger partial charge is 0.257 e. The first-order chi connectivity index (χ1) is 13.7. The lowest BCUT2D eigenvalue weighted by Gasteiger charge is -2.31. The number of hydrogen-bond donors (Lipinski definition) is 0. The molecular weight excluding hydrogens is 356 g/mol. The molecule has 2 aromatic heterocycles. The summed E-state index contributed by atoms with van der Waals surface area (Å²) in [6.07, 6.45) is 8.77. The number of piperidine rings is 1. The lowest BCUT2D eigenvalue weighted by molar-refractivity contribution is 0.0697. The van der Waals surface area contributed by atoms with Crippen LogP contribution in [0.2, 0.25) is 0 Å². The highest BCUT2D eigenvalue weighted by Crippen LogP contribution is 2.29. The van der Waals surface area contributed by atoms with E-state index in [9.17, 15) is 4.79 Å². The van der Waals surface area contributed by atoms with Gasteiger partial charge in [-0.3, -0.25) is 4.79 Å². The summed E-state index contributed by atoms with van der Waals surface area (Å²) in [7, 11) is 1.66. The number of likely N-dealkylation sites (tertiary alicyclic amines) is 1. The maximum atomic E-state index is 12.7. The summed E-state index contributed by atoms with van der Waals surface area (Å²) in [6.45, 7) is 1.31. The molecule has 28 heavy (non-hydrogen) atoms. The van der Waals surface area contributed by atoms with E-state index in [2.05, 4.69) is 15.0 Å². The van der Waals surface area contributed by atoms with Crippen LogP contribution in [0.5, 0.6) is 5.75 Å². The first-order valence-electron chi connectivity index (χ1n) is 9.35. The number of methoxy groups -OCH3 is 1. The predicted octanol–water partition coefficient (Wildman–Crippen LogP) is 3.08. The number of amides is 1. The van der Waals surface area contributed by atoms with Crippen molar-refractivity contribution >= 4 is 5.91 Å². The number of rotatable bonds is 5. The van der Waals surface area contributed by atoms with Gasteiger partial charge in [-0.15, -0.1) is 0 Å². The average Bonchev–Trinajstić information content (AvgIpc) is 3.23. The van der Waals surface area contributed by atoms with E-state index in [1.54, 1.807) is 25.7 Å². The molecule has 4 rings (SSSR count). The normalized spacial score (nSPS) is 16.8. The number of aromatic nitrogens is 3. The molecule has 0 N–H and O–H groups in total. The second-order valence-electron chi connectivity index (χ2n) is 6.87. The fraction of sp³-hybridized carbons (Fsp3) is 0.333. The van der Waals surface area contributed by atoms with Gasteiger partial charge in [-0.2, -0.15) is 0 Å². The lowest BCUT2D eigenvalue weighted by Crippen LogP contribution is -2.39. The molecule has 7 heteroatoms. The van der Waals surface area contributed by atoms with Gasteiger partial charge in [0.2, 0.25) is 0 Å². The van der Waals surface area contributed by atoms with Crippen LogP contribution < -0.4 is 4.74 Å². The zero-order chi connectivity index (χ0) is 19.3. The topological polar surface area (TPSA) is 81.4 Å². The Labute approximate surface area is 163 Å². The van der Waals surface area contributed by atoms with Gasteiger partial charge in [0, 0.05) is 37.5 Å². The number of ether oxygens (including phenoxy) is 1. The molecular formula is C21H22N4O3. The zero-order valence-corrected chi connectivity index (χ0v) is 15.7. The van der Waals surface area contributed by atoms with Crippen molar-refractivity contribution in [2.45, 2.75) is 25.2 Å². The molecule has 1 aliphatic rings. The number of hydrogen-bond acceptors (Lipinski definition) is 6. The van der Waals surface area contributed by atoms with Gasteiger partial charge in [-0.05, 0) is 18.9 Å². The molecule has 1 aromatic carbocycles. The van der Waals surface area contributed by atoms with E-state index in [1.807, 2.05) is 29.2 Å². The van der Waals surface area contributed by atoms with Crippen molar-refractivity contribution in [1.82, 2.24) is 19.9 Å². The Hall–Kier alpha value is -3.22. The van der Waals surface area contributed by atoms with E-state index < -0.39 is 0 Å². The number of nitrogens with zero attached hydrogens (tertiary/aromatic N) is 4. The summed E-state index contributed by atoms with van der Waals surface area (Å²) in [6, 6.07) is 7.88. The van der Waals surface area contributed by atoms with Crippen LogP contribution in [0, 0.1) is 0 Å². The van der Waals surface area contributed by atoms with Gasteiger partial charge in [0.15, 0.2) is 5.89 Å². The van der Waals surface area contributed by atoms with E-state index in [0.717, 1.165) is 36.5 Å². The first-order valence-corrected chi connectivity index (χ1v) is 9.35. The highest BCUT2D eigenvalue weighted by Gasteiger charge is 2.28. The van der Waals surface area contributed by atoms with Gasteiger partial charge in [0.1, 0.15) is 17.8 Å². The van der Waals surface area contributed by atoms with Gasteiger partial charge < -0.3 is 14.1 Å². The van der Waals surface area contributed by atoms with Crippen LogP contribution in [0.4, 0.5) is 0 Å². The van der Waals surface area contributed by atoms with Crippen LogP contribution in [0.3, 0.4) is 0 Å². The Balaban J connectivity index is 1.45. The van der Waals surface area contributed by atoms with Gasteiger partial charge in [0.05, 0.1) is 24.8 Å². The number of carbonyl (C=O) groups is 1. The minimum atomic E-state index is -0.0499. The van der Waals surface area contributed by atoms with Crippen molar-refractivity contribution < 1.29 is 13.9 Å². The van der Waals surface area contributed by atoms with Crippen molar-refractivity contribution in [3.8, 4) is 5.75 Å². The Morgan fingerprint density at radius 2 is 2.07 bits per heavy atom. The third-order valence-corrected chi connectivity index (χ3v) is 4.99. The number of oxazole rings is 1. The molecule has 1 saturated heterocycles. The molecule has 0 bridgehead atoms. The van der Waals surface area contributed by atoms with Gasteiger partial charge in [0.25, 0.3) is 5.91 Å². The molecule has 7 nitrogen and oxygen atoms in total. The molecule has 1 unspecified atom stereocenters. The van der Waals surface area contributed by atoms with Crippen molar-refractivity contribution in [2.75, 3.05) is 20.2 Å². The molecule has 0 radical (unpaired) electrons. The summed E-state index contributed by atoms with van der Waals surface area (Å²) < 4.78 is 11.4. The maximum Gasteiger partial charge on any atom is 0.257 e. The lowest BCUT2D eigenvalue weighted by atomic mass is 9.97. The van der Waals surface area contributed by atoms with E-state index in [1.165, 1.54) is 6.33 Å². The van der Waals surface area contributed by atoms with Crippen LogP contribution in [0.15, 0.2) is 53.6 Å². The molecule has 0 saturated carbocycles. The van der Waals surface area contributed by atoms with Crippen LogP contribution in [-0.4, -0.2) is 46.0 Å². The van der Waals surface area contributed by atoms with E-state index in [0.29, 0.717) is 24.4 Å². The largest absolute Gasteiger partial charge is 0.496 e. The average molecular weight is 378 g/mol. The van der Waals surface area contributed by atoms with E-state index in [4.69, 9.17) is 9.15 Å². The molecule has 1 fully saturated rings. The Morgan fingerprint density at radius 3 is 2.89 bits per heavy atom. The van der Waals surface area contributed by atoms with Crippen molar-refractivity contribution in [2.24, 2.45) is 0 Å². The minimum absolute atomic E-state index is 0.0499. The van der Waals surface area contributed by atoms with Crippen molar-refractivity contribution in [1.29, 1.82) is 0 Å². The number of benzene rings is 1. The fourth-order valence-corrected chi connectivity index (χ4v) is 3.59. The van der Waals surface area contributed by atoms with Gasteiger partial charge in [-0.1, -0.05) is 18.2 Å². The standard InChI is InChI=1S/C21H22N4O3/c1-27-19-7-3-2-5-15(19)9-18-12-24-20(28-18)16-6-4-8-25(13-16)21(26)17-10-22-14-23-11-17/h2-3,5,7,10-12,14,16H,4,6,8-9,13H2,1H3. The minimum Gasteiger partial charge on any atom is -0.496 e. The van der Waals surface area contributed by atoms with Gasteiger partial charge in [-0.25, -0.2) is 15.0 Å². The number of para-hydroxylation sites is 1. The molecule has 3 heterocycles. The van der Waals surface area contributed by atoms with Crippen LogP contribution in [0.25, 0.3) is 0 Å². The molecule has 0 aliphatic carbocycles. The molecule has 144 valence electrons. The third kappa shape index (κ3) is 3.88. The summed E-state index contributed by atoms with van der Waals surface area (Å²) in [5.41, 5.74) is 1.56. The second-order valence-corrected chi connectivity index (χ2v) is 6.87. The first kappa shape index (κ1) is 18.2. The Bertz CT molecular complexity index is 942. The molecule has 1 amide bonds. The second kappa shape index (κ2) is 8.21. The van der Waals surface area contributed by atoms with Crippen LogP contribution in [0.1, 0.15) is 46.3 Å².